The number of nitrogens with one attached hydrogen (secondary N) is 2. The van der Waals surface area contributed by atoms with Crippen molar-refractivity contribution in [3.63, 3.8) is 0 Å². The van der Waals surface area contributed by atoms with Crippen molar-refractivity contribution in [1.82, 2.24) is 29.1 Å². The first-order chi connectivity index (χ1) is 40.9. The lowest BCUT2D eigenvalue weighted by atomic mass is 9.80. The zero-order valence-corrected chi connectivity index (χ0v) is 47.5. The van der Waals surface area contributed by atoms with Crippen molar-refractivity contribution >= 4 is 53.1 Å². The summed E-state index contributed by atoms with van der Waals surface area (Å²) in [6, 6.07) is 45.1. The summed E-state index contributed by atoms with van der Waals surface area (Å²) >= 11 is 6.22. The second-order valence-electron chi connectivity index (χ2n) is 19.1. The summed E-state index contributed by atoms with van der Waals surface area (Å²) in [4.78, 5) is 57.5. The molecule has 2 fully saturated rings. The van der Waals surface area contributed by atoms with Crippen molar-refractivity contribution in [3.8, 4) is 17.6 Å². The normalized spacial score (nSPS) is 21.1. The van der Waals surface area contributed by atoms with Gasteiger partial charge in [0.05, 0.1) is 52.9 Å². The molecule has 0 spiro atoms. The third kappa shape index (κ3) is 12.5. The minimum absolute atomic E-state index is 0.0140. The number of aliphatic hydroxyl groups excluding tert-OH is 1. The van der Waals surface area contributed by atoms with Gasteiger partial charge in [-0.2, -0.15) is 10.2 Å². The molecular weight excluding hydrogens is 1120 g/mol. The summed E-state index contributed by atoms with van der Waals surface area (Å²) in [6.07, 6.45) is -5.49. The first-order valence-corrected chi connectivity index (χ1v) is 28.9. The van der Waals surface area contributed by atoms with Gasteiger partial charge in [-0.25, -0.2) is 19.7 Å². The zero-order chi connectivity index (χ0) is 58.8. The molecule has 0 saturated carbocycles. The number of ether oxygens (including phenoxy) is 7. The Hall–Kier alpha value is -8.15. The largest absolute Gasteiger partial charge is 0.497 e. The van der Waals surface area contributed by atoms with Crippen LogP contribution >= 0.6 is 6.72 Å². The summed E-state index contributed by atoms with van der Waals surface area (Å²) in [5, 5.41) is 26.9. The molecule has 0 radical (unpaired) electrons. The zero-order valence-electron chi connectivity index (χ0n) is 45.8. The highest BCUT2D eigenvalue weighted by atomic mass is 32.5. The monoisotopic (exact) mass is 1180 g/mol. The lowest BCUT2D eigenvalue weighted by Gasteiger charge is -2.37. The summed E-state index contributed by atoms with van der Waals surface area (Å²) < 4.78 is 66.3. The minimum Gasteiger partial charge on any atom is -0.497 e. The molecule has 10 rings (SSSR count). The van der Waals surface area contributed by atoms with E-state index < -0.39 is 85.5 Å². The second kappa shape index (κ2) is 26.6. The molecule has 3 N–H and O–H groups in total. The van der Waals surface area contributed by atoms with E-state index in [-0.39, 0.29) is 42.4 Å². The van der Waals surface area contributed by atoms with Crippen LogP contribution in [-0.4, -0.2) is 131 Å². The molecule has 23 nitrogen and oxygen atoms in total. The molecule has 84 heavy (non-hydrogen) atoms. The quantitative estimate of drug-likeness (QED) is 0.0303. The van der Waals surface area contributed by atoms with E-state index in [0.29, 0.717) is 22.6 Å². The molecule has 0 bridgehead atoms. The Morgan fingerprint density at radius 3 is 1.85 bits per heavy atom. The number of aromatic nitrogens is 6. The van der Waals surface area contributed by atoms with Gasteiger partial charge >= 0.3 is 12.4 Å². The fourth-order valence-corrected chi connectivity index (χ4v) is 12.1. The molecule has 434 valence electrons. The number of carbonyl (C=O) groups is 2. The molecule has 25 heteroatoms. The predicted molar refractivity (Wildman–Crippen MR) is 308 cm³/mol. The van der Waals surface area contributed by atoms with Gasteiger partial charge in [0.25, 0.3) is 11.8 Å². The SMILES string of the molecule is COc1ccc(C(OC[C@H]2O[C@@H](n3cnc4c(NC(=O)c5ccccc5)ncnc43)[C@H](OC)[C@@H]2OP(=S)(OCCC#N)OC[C@H]2O[C@@H](n3ccc(NC(=O)c4ccccc4)nc3=O)[C@H](OC)[C@@H]2O)(c2ccccc2)c2ccc(OC)cc2)cc1. The number of hydrogen-bond donors (Lipinski definition) is 3. The number of hydrogen-bond acceptors (Lipinski definition) is 20. The summed E-state index contributed by atoms with van der Waals surface area (Å²) in [6.45, 7) is -5.06. The van der Waals surface area contributed by atoms with Crippen molar-refractivity contribution < 1.29 is 61.4 Å². The van der Waals surface area contributed by atoms with Gasteiger partial charge < -0.3 is 57.9 Å². The van der Waals surface area contributed by atoms with Crippen LogP contribution in [0.2, 0.25) is 0 Å². The number of aliphatic hydroxyl groups is 1. The molecule has 3 aromatic heterocycles. The lowest BCUT2D eigenvalue weighted by Crippen LogP contribution is -2.41. The Morgan fingerprint density at radius 1 is 0.690 bits per heavy atom. The lowest BCUT2D eigenvalue weighted by molar-refractivity contribution is -0.0947. The molecule has 1 unspecified atom stereocenters. The number of anilines is 2. The van der Waals surface area contributed by atoms with E-state index >= 15 is 0 Å². The van der Waals surface area contributed by atoms with Crippen LogP contribution in [0.4, 0.5) is 11.6 Å². The second-order valence-corrected chi connectivity index (χ2v) is 22.0. The standard InChI is InChI=1S/C59H58N9O14PS/c1-73-42-25-21-40(22-26-42)59(39-19-12-7-13-20-39,41-23-27-43(74-2)28-24-41)77-33-45-49(51(76-4)57(81-45)68-36-63-47-52(61-35-62-53(47)68)66-55(71)38-17-10-6-11-18-38)82-83(84,78-32-14-30-60)79-34-44-48(69)50(75-3)56(80-44)67-31-29-46(65-58(67)72)64-54(70)37-15-8-5-9-16-37/h5-13,15-29,31,35-36,44-45,48-51,56-57,69H,14,32-34H2,1-4H3,(H,61,62,66,71)(H,64,65,70,72)/t44-,45-,48-,49-,50-,51-,56-,57-,83?/m1/s1. The highest BCUT2D eigenvalue weighted by Gasteiger charge is 2.53. The number of nitrogens with zero attached hydrogens (tertiary/aromatic N) is 7. The highest BCUT2D eigenvalue weighted by Crippen LogP contribution is 2.55. The van der Waals surface area contributed by atoms with E-state index in [1.165, 1.54) is 39.1 Å². The van der Waals surface area contributed by atoms with Gasteiger partial charge in [-0.3, -0.25) is 23.2 Å². The van der Waals surface area contributed by atoms with Gasteiger partial charge in [-0.05, 0) is 83.1 Å². The maximum absolute atomic E-state index is 13.6. The number of benzene rings is 5. The van der Waals surface area contributed by atoms with Crippen LogP contribution in [0.5, 0.6) is 11.5 Å². The van der Waals surface area contributed by atoms with Gasteiger partial charge in [0, 0.05) is 31.5 Å². The van der Waals surface area contributed by atoms with Crippen LogP contribution < -0.4 is 25.8 Å². The maximum Gasteiger partial charge on any atom is 0.351 e. The molecule has 9 atom stereocenters. The van der Waals surface area contributed by atoms with Crippen LogP contribution in [0.25, 0.3) is 11.2 Å². The molecule has 2 aliphatic heterocycles. The first kappa shape index (κ1) is 59.0. The fraction of sp³-hybridized carbons (Fsp3) is 0.288. The topological polar surface area (TPSA) is 273 Å². The number of fused-ring (bicyclic) bond motifs is 1. The average Bonchev–Trinajstić information content (AvgIpc) is 2.48. The Labute approximate surface area is 487 Å². The third-order valence-corrected chi connectivity index (χ3v) is 16.5. The summed E-state index contributed by atoms with van der Waals surface area (Å²) in [7, 11) is 5.97. The smallest absolute Gasteiger partial charge is 0.351 e. The number of carbonyl (C=O) groups excluding carboxylic acids is 2. The van der Waals surface area contributed by atoms with Crippen LogP contribution in [0.15, 0.2) is 169 Å². The van der Waals surface area contributed by atoms with E-state index in [0.717, 1.165) is 21.3 Å². The van der Waals surface area contributed by atoms with Gasteiger partial charge in [-0.1, -0.05) is 91.0 Å². The maximum atomic E-state index is 13.6. The highest BCUT2D eigenvalue weighted by molar-refractivity contribution is 8.07. The molecule has 0 aliphatic carbocycles. The average molecular weight is 1180 g/mol. The van der Waals surface area contributed by atoms with Crippen molar-refractivity contribution in [2.75, 3.05) is 58.9 Å². The minimum atomic E-state index is -4.11. The number of amides is 2. The van der Waals surface area contributed by atoms with Crippen molar-refractivity contribution in [2.45, 2.75) is 61.1 Å². The molecular formula is C59H58N9O14PS. The Morgan fingerprint density at radius 2 is 1.26 bits per heavy atom. The molecule has 5 aromatic carbocycles. The molecule has 2 aliphatic rings. The fourth-order valence-electron chi connectivity index (χ4n) is 10.0. The number of rotatable bonds is 24. The Balaban J connectivity index is 0.993. The number of nitriles is 1. The summed E-state index contributed by atoms with van der Waals surface area (Å²) in [5.41, 5.74) is 1.27. The third-order valence-electron chi connectivity index (χ3n) is 14.2. The van der Waals surface area contributed by atoms with Gasteiger partial charge in [0.1, 0.15) is 65.9 Å². The van der Waals surface area contributed by atoms with Gasteiger partial charge in [0.2, 0.25) is 0 Å². The van der Waals surface area contributed by atoms with E-state index in [4.69, 9.17) is 58.5 Å². The van der Waals surface area contributed by atoms with Crippen LogP contribution in [0.1, 0.15) is 56.3 Å². The Bertz CT molecular complexity index is 3650. The number of methoxy groups -OCH3 is 4. The van der Waals surface area contributed by atoms with E-state index in [1.54, 1.807) is 79.5 Å². The molecule has 2 saturated heterocycles. The number of imidazole rings is 1. The van der Waals surface area contributed by atoms with Gasteiger partial charge in [0.15, 0.2) is 29.4 Å². The van der Waals surface area contributed by atoms with E-state index in [2.05, 4.69) is 36.6 Å². The van der Waals surface area contributed by atoms with Gasteiger partial charge in [-0.15, -0.1) is 0 Å². The van der Waals surface area contributed by atoms with Crippen molar-refractivity contribution in [1.29, 1.82) is 5.26 Å². The summed E-state index contributed by atoms with van der Waals surface area (Å²) in [5.74, 6) is 0.454. The molecule has 8 aromatic rings. The van der Waals surface area contributed by atoms with Crippen molar-refractivity contribution in [2.24, 2.45) is 0 Å². The van der Waals surface area contributed by atoms with Crippen LogP contribution in [-0.2, 0) is 54.7 Å². The Kier molecular flexibility index (Phi) is 18.7. The van der Waals surface area contributed by atoms with E-state index in [9.17, 15) is 24.8 Å². The van der Waals surface area contributed by atoms with Crippen LogP contribution in [0, 0.1) is 11.3 Å². The predicted octanol–water partition coefficient (Wildman–Crippen LogP) is 7.36. The van der Waals surface area contributed by atoms with E-state index in [1.807, 2.05) is 78.9 Å². The van der Waals surface area contributed by atoms with Crippen molar-refractivity contribution in [3.05, 3.63) is 203 Å². The van der Waals surface area contributed by atoms with Crippen LogP contribution in [0.3, 0.4) is 0 Å². The molecule has 2 amide bonds. The first-order valence-electron chi connectivity index (χ1n) is 26.4. The molecule has 5 heterocycles.